The lowest BCUT2D eigenvalue weighted by atomic mass is 9.98. The summed E-state index contributed by atoms with van der Waals surface area (Å²) in [6.07, 6.45) is 3.01. The molecule has 0 radical (unpaired) electrons. The molecule has 0 aromatic heterocycles. The van der Waals surface area contributed by atoms with E-state index in [1.165, 1.54) is 12.0 Å². The van der Waals surface area contributed by atoms with Gasteiger partial charge < -0.3 is 10.4 Å². The summed E-state index contributed by atoms with van der Waals surface area (Å²) in [5.74, 6) is 0.672. The van der Waals surface area contributed by atoms with Gasteiger partial charge in [-0.15, -0.1) is 0 Å². The first kappa shape index (κ1) is 16.2. The van der Waals surface area contributed by atoms with Crippen LogP contribution in [0.4, 0.5) is 0 Å². The van der Waals surface area contributed by atoms with Crippen LogP contribution in [0.5, 0.6) is 0 Å². The molecule has 1 aromatic carbocycles. The largest absolute Gasteiger partial charge is 0.387 e. The molecule has 1 rings (SSSR count). The van der Waals surface area contributed by atoms with Gasteiger partial charge in [0.1, 0.15) is 0 Å². The minimum absolute atomic E-state index is 0.0995. The third-order valence-electron chi connectivity index (χ3n) is 3.44. The van der Waals surface area contributed by atoms with Crippen molar-refractivity contribution >= 4 is 0 Å². The maximum atomic E-state index is 10.3. The van der Waals surface area contributed by atoms with Gasteiger partial charge in [0, 0.05) is 6.04 Å². The van der Waals surface area contributed by atoms with E-state index in [0.29, 0.717) is 5.92 Å². The molecule has 2 atom stereocenters. The molecule has 2 unspecified atom stereocenters. The zero-order valence-corrected chi connectivity index (χ0v) is 12.8. The molecule has 0 saturated carbocycles. The minimum atomic E-state index is -0.426. The molecule has 0 aliphatic rings. The van der Waals surface area contributed by atoms with Crippen molar-refractivity contribution in [1.29, 1.82) is 0 Å². The summed E-state index contributed by atoms with van der Waals surface area (Å²) >= 11 is 0. The second-order valence-corrected chi connectivity index (χ2v) is 5.88. The van der Waals surface area contributed by atoms with Gasteiger partial charge in [-0.05, 0) is 43.4 Å². The molecular weight excluding hydrogens is 234 g/mol. The van der Waals surface area contributed by atoms with E-state index in [2.05, 4.69) is 50.4 Å². The molecule has 0 heterocycles. The normalized spacial score (nSPS) is 14.6. The molecule has 0 amide bonds. The second-order valence-electron chi connectivity index (χ2n) is 5.88. The number of nitrogens with one attached hydrogen (secondary N) is 1. The maximum absolute atomic E-state index is 10.3. The smallest absolute Gasteiger partial charge is 0.0940 e. The van der Waals surface area contributed by atoms with Crippen LogP contribution >= 0.6 is 0 Å². The molecule has 2 N–H and O–H groups in total. The van der Waals surface area contributed by atoms with Gasteiger partial charge >= 0.3 is 0 Å². The van der Waals surface area contributed by atoms with Gasteiger partial charge in [0.25, 0.3) is 0 Å². The third kappa shape index (κ3) is 5.75. The van der Waals surface area contributed by atoms with Crippen molar-refractivity contribution in [3.8, 4) is 0 Å². The molecular formula is C17H29NO. The highest BCUT2D eigenvalue weighted by Crippen LogP contribution is 2.18. The van der Waals surface area contributed by atoms with Crippen molar-refractivity contribution in [1.82, 2.24) is 5.32 Å². The van der Waals surface area contributed by atoms with Crippen LogP contribution in [0.15, 0.2) is 24.3 Å². The van der Waals surface area contributed by atoms with Gasteiger partial charge in [0.2, 0.25) is 0 Å². The first-order valence-corrected chi connectivity index (χ1v) is 7.54. The quantitative estimate of drug-likeness (QED) is 0.701. The number of aliphatic hydroxyl groups is 1. The lowest BCUT2D eigenvalue weighted by Gasteiger charge is -2.21. The Morgan fingerprint density at radius 3 is 2.26 bits per heavy atom. The molecule has 0 spiro atoms. The van der Waals surface area contributed by atoms with E-state index in [9.17, 15) is 5.11 Å². The summed E-state index contributed by atoms with van der Waals surface area (Å²) in [6, 6.07) is 8.48. The van der Waals surface area contributed by atoms with E-state index >= 15 is 0 Å². The lowest BCUT2D eigenvalue weighted by Crippen LogP contribution is -2.32. The minimum Gasteiger partial charge on any atom is -0.387 e. The van der Waals surface area contributed by atoms with Gasteiger partial charge in [-0.25, -0.2) is 0 Å². The van der Waals surface area contributed by atoms with Gasteiger partial charge in [-0.3, -0.25) is 0 Å². The zero-order valence-electron chi connectivity index (χ0n) is 12.8. The van der Waals surface area contributed by atoms with E-state index in [0.717, 1.165) is 24.9 Å². The topological polar surface area (TPSA) is 32.3 Å². The van der Waals surface area contributed by atoms with Gasteiger partial charge in [0.15, 0.2) is 0 Å². The number of rotatable bonds is 8. The summed E-state index contributed by atoms with van der Waals surface area (Å²) in [7, 11) is 0. The SMILES string of the molecule is CCCCNC(C)C(O)c1ccc(CC(C)C)cc1. The van der Waals surface area contributed by atoms with E-state index < -0.39 is 6.10 Å². The molecule has 0 saturated heterocycles. The maximum Gasteiger partial charge on any atom is 0.0940 e. The summed E-state index contributed by atoms with van der Waals surface area (Å²) in [6.45, 7) is 9.64. The van der Waals surface area contributed by atoms with Crippen LogP contribution in [0, 0.1) is 5.92 Å². The van der Waals surface area contributed by atoms with Crippen molar-refractivity contribution in [3.63, 3.8) is 0 Å². The van der Waals surface area contributed by atoms with Crippen LogP contribution in [0.1, 0.15) is 57.8 Å². The van der Waals surface area contributed by atoms with Gasteiger partial charge in [-0.1, -0.05) is 51.5 Å². The third-order valence-corrected chi connectivity index (χ3v) is 3.44. The van der Waals surface area contributed by atoms with E-state index in [1.54, 1.807) is 0 Å². The Balaban J connectivity index is 2.54. The molecule has 108 valence electrons. The average Bonchev–Trinajstić information content (AvgIpc) is 2.38. The Bertz CT molecular complexity index is 345. The molecule has 1 aromatic rings. The van der Waals surface area contributed by atoms with Gasteiger partial charge in [0.05, 0.1) is 6.10 Å². The lowest BCUT2D eigenvalue weighted by molar-refractivity contribution is 0.136. The Morgan fingerprint density at radius 1 is 1.11 bits per heavy atom. The fourth-order valence-electron chi connectivity index (χ4n) is 2.23. The fraction of sp³-hybridized carbons (Fsp3) is 0.647. The summed E-state index contributed by atoms with van der Waals surface area (Å²) in [4.78, 5) is 0. The predicted molar refractivity (Wildman–Crippen MR) is 82.3 cm³/mol. The Morgan fingerprint density at radius 2 is 1.74 bits per heavy atom. The van der Waals surface area contributed by atoms with Crippen LogP contribution in [0.3, 0.4) is 0 Å². The Hall–Kier alpha value is -0.860. The average molecular weight is 263 g/mol. The van der Waals surface area contributed by atoms with Crippen molar-refractivity contribution in [2.75, 3.05) is 6.54 Å². The van der Waals surface area contributed by atoms with Crippen molar-refractivity contribution in [3.05, 3.63) is 35.4 Å². The highest BCUT2D eigenvalue weighted by atomic mass is 16.3. The van der Waals surface area contributed by atoms with Crippen molar-refractivity contribution < 1.29 is 5.11 Å². The van der Waals surface area contributed by atoms with Crippen LogP contribution in [0.25, 0.3) is 0 Å². The monoisotopic (exact) mass is 263 g/mol. The Labute approximate surface area is 118 Å². The molecule has 0 bridgehead atoms. The summed E-state index contributed by atoms with van der Waals surface area (Å²) in [5.41, 5.74) is 2.35. The van der Waals surface area contributed by atoms with Crippen LogP contribution in [-0.2, 0) is 6.42 Å². The van der Waals surface area contributed by atoms with Crippen LogP contribution in [0.2, 0.25) is 0 Å². The Kier molecular flexibility index (Phi) is 7.11. The highest BCUT2D eigenvalue weighted by Gasteiger charge is 2.15. The number of unbranched alkanes of at least 4 members (excludes halogenated alkanes) is 1. The van der Waals surface area contributed by atoms with Crippen molar-refractivity contribution in [2.24, 2.45) is 5.92 Å². The number of hydrogen-bond donors (Lipinski definition) is 2. The molecule has 19 heavy (non-hydrogen) atoms. The second kappa shape index (κ2) is 8.34. The summed E-state index contributed by atoms with van der Waals surface area (Å²) in [5, 5.41) is 13.7. The summed E-state index contributed by atoms with van der Waals surface area (Å²) < 4.78 is 0. The first-order valence-electron chi connectivity index (χ1n) is 7.54. The van der Waals surface area contributed by atoms with Crippen LogP contribution in [-0.4, -0.2) is 17.7 Å². The first-order chi connectivity index (χ1) is 9.04. The van der Waals surface area contributed by atoms with E-state index in [-0.39, 0.29) is 6.04 Å². The zero-order chi connectivity index (χ0) is 14.3. The highest BCUT2D eigenvalue weighted by molar-refractivity contribution is 5.25. The molecule has 2 heteroatoms. The molecule has 2 nitrogen and oxygen atoms in total. The molecule has 0 aliphatic carbocycles. The number of hydrogen-bond acceptors (Lipinski definition) is 2. The predicted octanol–water partition coefficient (Wildman–Crippen LogP) is 3.70. The van der Waals surface area contributed by atoms with Crippen molar-refractivity contribution in [2.45, 2.75) is 59.1 Å². The fourth-order valence-corrected chi connectivity index (χ4v) is 2.23. The number of benzene rings is 1. The number of aliphatic hydroxyl groups excluding tert-OH is 1. The van der Waals surface area contributed by atoms with E-state index in [1.807, 2.05) is 6.92 Å². The van der Waals surface area contributed by atoms with E-state index in [4.69, 9.17) is 0 Å². The van der Waals surface area contributed by atoms with Gasteiger partial charge in [-0.2, -0.15) is 0 Å². The molecule has 0 aliphatic heterocycles. The van der Waals surface area contributed by atoms with Crippen LogP contribution < -0.4 is 5.32 Å². The standard InChI is InChI=1S/C17H29NO/c1-5-6-11-18-14(4)17(19)16-9-7-15(8-10-16)12-13(2)3/h7-10,13-14,17-19H,5-6,11-12H2,1-4H3. The molecule has 0 fully saturated rings.